The molecule has 0 bridgehead atoms. The summed E-state index contributed by atoms with van der Waals surface area (Å²) < 4.78 is 5.94. The van der Waals surface area contributed by atoms with Crippen molar-refractivity contribution in [2.24, 2.45) is 5.41 Å². The monoisotopic (exact) mass is 287 g/mol. The molecule has 1 aromatic rings. The van der Waals surface area contributed by atoms with Crippen LogP contribution in [0.15, 0.2) is 6.20 Å². The number of hydrogen-bond acceptors (Lipinski definition) is 4. The second kappa shape index (κ2) is 5.03. The molecule has 0 spiro atoms. The Balaban J connectivity index is 1.40. The summed E-state index contributed by atoms with van der Waals surface area (Å²) in [4.78, 5) is 11.9. The van der Waals surface area contributed by atoms with Gasteiger partial charge in [0.1, 0.15) is 5.82 Å². The normalized spacial score (nSPS) is 28.6. The molecule has 1 atom stereocenters. The van der Waals surface area contributed by atoms with E-state index in [-0.39, 0.29) is 0 Å². The van der Waals surface area contributed by atoms with Gasteiger partial charge in [-0.15, -0.1) is 0 Å². The van der Waals surface area contributed by atoms with Gasteiger partial charge in [-0.05, 0) is 24.7 Å². The molecule has 0 aromatic carbocycles. The summed E-state index contributed by atoms with van der Waals surface area (Å²) in [7, 11) is 0. The van der Waals surface area contributed by atoms with E-state index in [9.17, 15) is 0 Å². The number of aromatic nitrogens is 2. The molecular weight excluding hydrogens is 262 g/mol. The summed E-state index contributed by atoms with van der Waals surface area (Å²) in [5.41, 5.74) is 2.96. The van der Waals surface area contributed by atoms with Crippen molar-refractivity contribution in [3.8, 4) is 0 Å². The van der Waals surface area contributed by atoms with Crippen LogP contribution in [-0.4, -0.2) is 40.7 Å². The zero-order chi connectivity index (χ0) is 14.4. The van der Waals surface area contributed by atoms with Crippen LogP contribution in [0.3, 0.4) is 0 Å². The van der Waals surface area contributed by atoms with Crippen LogP contribution in [0.1, 0.15) is 56.1 Å². The maximum Gasteiger partial charge on any atom is 0.131 e. The van der Waals surface area contributed by atoms with Gasteiger partial charge in [0.2, 0.25) is 0 Å². The molecule has 4 rings (SSSR count). The Labute approximate surface area is 126 Å². The molecule has 4 nitrogen and oxygen atoms in total. The largest absolute Gasteiger partial charge is 0.376 e. The summed E-state index contributed by atoms with van der Waals surface area (Å²) in [5, 5.41) is 0. The molecule has 0 amide bonds. The highest BCUT2D eigenvalue weighted by atomic mass is 16.5. The fourth-order valence-electron chi connectivity index (χ4n) is 3.57. The highest BCUT2D eigenvalue weighted by Crippen LogP contribution is 2.38. The number of hydrogen-bond donors (Lipinski definition) is 0. The summed E-state index contributed by atoms with van der Waals surface area (Å²) in [6.45, 7) is 8.63. The van der Waals surface area contributed by atoms with E-state index in [0.29, 0.717) is 17.4 Å². The molecule has 1 saturated carbocycles. The lowest BCUT2D eigenvalue weighted by molar-refractivity contribution is 0.0633. The third-order valence-corrected chi connectivity index (χ3v) is 4.93. The standard InChI is InChI=1S/C17H25N3O/c1-17(2)7-14(21-11-17)10-20-6-5-15-13(9-20)8-18-16(19-15)12-3-4-12/h8,12,14H,3-7,9-11H2,1-2H3. The Kier molecular flexibility index (Phi) is 3.27. The van der Waals surface area contributed by atoms with Gasteiger partial charge in [-0.3, -0.25) is 4.90 Å². The van der Waals surface area contributed by atoms with E-state index in [1.807, 2.05) is 0 Å². The quantitative estimate of drug-likeness (QED) is 0.856. The van der Waals surface area contributed by atoms with E-state index in [4.69, 9.17) is 9.72 Å². The molecule has 1 aromatic heterocycles. The van der Waals surface area contributed by atoms with Crippen molar-refractivity contribution in [2.75, 3.05) is 19.7 Å². The first-order valence-corrected chi connectivity index (χ1v) is 8.28. The smallest absolute Gasteiger partial charge is 0.131 e. The van der Waals surface area contributed by atoms with E-state index < -0.39 is 0 Å². The average Bonchev–Trinajstić information content (AvgIpc) is 3.24. The Bertz CT molecular complexity index is 539. The van der Waals surface area contributed by atoms with Crippen molar-refractivity contribution in [2.45, 2.75) is 58.1 Å². The zero-order valence-corrected chi connectivity index (χ0v) is 13.1. The molecule has 1 aliphatic carbocycles. The lowest BCUT2D eigenvalue weighted by Crippen LogP contribution is -2.37. The Hall–Kier alpha value is -1.00. The lowest BCUT2D eigenvalue weighted by atomic mass is 9.90. The molecule has 2 fully saturated rings. The maximum absolute atomic E-state index is 5.94. The molecular formula is C17H25N3O. The average molecular weight is 287 g/mol. The number of ether oxygens (including phenoxy) is 1. The fraction of sp³-hybridized carbons (Fsp3) is 0.765. The van der Waals surface area contributed by atoms with Crippen molar-refractivity contribution in [3.05, 3.63) is 23.3 Å². The van der Waals surface area contributed by atoms with Gasteiger partial charge in [-0.2, -0.15) is 0 Å². The maximum atomic E-state index is 5.94. The first-order valence-electron chi connectivity index (χ1n) is 8.28. The van der Waals surface area contributed by atoms with Gasteiger partial charge in [-0.25, -0.2) is 9.97 Å². The van der Waals surface area contributed by atoms with Gasteiger partial charge in [-0.1, -0.05) is 13.8 Å². The molecule has 1 unspecified atom stereocenters. The second-order valence-corrected chi connectivity index (χ2v) is 7.76. The molecule has 0 N–H and O–H groups in total. The highest BCUT2D eigenvalue weighted by molar-refractivity contribution is 5.22. The minimum atomic E-state index is 0.348. The van der Waals surface area contributed by atoms with Crippen LogP contribution in [0, 0.1) is 5.41 Å². The van der Waals surface area contributed by atoms with Crippen LogP contribution >= 0.6 is 0 Å². The first kappa shape index (κ1) is 13.6. The van der Waals surface area contributed by atoms with Crippen molar-refractivity contribution in [3.63, 3.8) is 0 Å². The van der Waals surface area contributed by atoms with Gasteiger partial charge in [0, 0.05) is 49.4 Å². The molecule has 3 heterocycles. The second-order valence-electron chi connectivity index (χ2n) is 7.76. The third-order valence-electron chi connectivity index (χ3n) is 4.93. The molecule has 21 heavy (non-hydrogen) atoms. The van der Waals surface area contributed by atoms with Crippen LogP contribution in [0.4, 0.5) is 0 Å². The number of fused-ring (bicyclic) bond motifs is 1. The molecule has 3 aliphatic rings. The van der Waals surface area contributed by atoms with Crippen molar-refractivity contribution < 1.29 is 4.74 Å². The summed E-state index contributed by atoms with van der Waals surface area (Å²) in [5.74, 6) is 1.74. The van der Waals surface area contributed by atoms with Crippen LogP contribution in [-0.2, 0) is 17.7 Å². The third kappa shape index (κ3) is 2.97. The van der Waals surface area contributed by atoms with Gasteiger partial charge in [0.15, 0.2) is 0 Å². The van der Waals surface area contributed by atoms with Crippen molar-refractivity contribution >= 4 is 0 Å². The van der Waals surface area contributed by atoms with Crippen LogP contribution in [0.5, 0.6) is 0 Å². The molecule has 0 radical (unpaired) electrons. The van der Waals surface area contributed by atoms with E-state index in [2.05, 4.69) is 29.9 Å². The lowest BCUT2D eigenvalue weighted by Gasteiger charge is -2.30. The molecule has 2 aliphatic heterocycles. The van der Waals surface area contributed by atoms with Crippen LogP contribution in [0.25, 0.3) is 0 Å². The first-order chi connectivity index (χ1) is 10.1. The van der Waals surface area contributed by atoms with E-state index in [1.54, 1.807) is 0 Å². The van der Waals surface area contributed by atoms with Crippen molar-refractivity contribution in [1.29, 1.82) is 0 Å². The minimum Gasteiger partial charge on any atom is -0.376 e. The summed E-state index contributed by atoms with van der Waals surface area (Å²) >= 11 is 0. The summed E-state index contributed by atoms with van der Waals surface area (Å²) in [6, 6.07) is 0. The van der Waals surface area contributed by atoms with Gasteiger partial charge >= 0.3 is 0 Å². The van der Waals surface area contributed by atoms with E-state index in [1.165, 1.54) is 30.5 Å². The van der Waals surface area contributed by atoms with Gasteiger partial charge in [0.05, 0.1) is 12.7 Å². The highest BCUT2D eigenvalue weighted by Gasteiger charge is 2.34. The topological polar surface area (TPSA) is 38.2 Å². The molecule has 1 saturated heterocycles. The number of nitrogens with zero attached hydrogens (tertiary/aromatic N) is 3. The van der Waals surface area contributed by atoms with E-state index >= 15 is 0 Å². The Morgan fingerprint density at radius 2 is 2.24 bits per heavy atom. The predicted molar refractivity (Wildman–Crippen MR) is 81.1 cm³/mol. The predicted octanol–water partition coefficient (Wildman–Crippen LogP) is 2.53. The molecule has 4 heteroatoms. The molecule has 114 valence electrons. The van der Waals surface area contributed by atoms with Gasteiger partial charge in [0.25, 0.3) is 0 Å². The zero-order valence-electron chi connectivity index (χ0n) is 13.1. The van der Waals surface area contributed by atoms with Crippen LogP contribution in [0.2, 0.25) is 0 Å². The SMILES string of the molecule is CC1(C)COC(CN2CCc3nc(C4CC4)ncc3C2)C1. The Morgan fingerprint density at radius 3 is 2.95 bits per heavy atom. The summed E-state index contributed by atoms with van der Waals surface area (Å²) in [6.07, 6.45) is 7.26. The van der Waals surface area contributed by atoms with Crippen LogP contribution < -0.4 is 0 Å². The van der Waals surface area contributed by atoms with Gasteiger partial charge < -0.3 is 4.74 Å². The number of rotatable bonds is 3. The minimum absolute atomic E-state index is 0.348. The fourth-order valence-corrected chi connectivity index (χ4v) is 3.57. The van der Waals surface area contributed by atoms with E-state index in [0.717, 1.165) is 38.5 Å². The van der Waals surface area contributed by atoms with Crippen molar-refractivity contribution in [1.82, 2.24) is 14.9 Å². The Morgan fingerprint density at radius 1 is 1.38 bits per heavy atom.